The Morgan fingerprint density at radius 2 is 1.92 bits per heavy atom. The lowest BCUT2D eigenvalue weighted by Gasteiger charge is -2.32. The summed E-state index contributed by atoms with van der Waals surface area (Å²) >= 11 is -0.738. The highest BCUT2D eigenvalue weighted by Gasteiger charge is 2.23. The van der Waals surface area contributed by atoms with Gasteiger partial charge >= 0.3 is 0 Å². The number of nitrogens with zero attached hydrogens (tertiary/aromatic N) is 2. The molecule has 1 aromatic carbocycles. The standard InChI is InChI=1S/C19H28N4OS/c1-13-4-9-18-17(10-13)19(21-12-20-18)23-16-7-5-15(6-8-16)22-14(2)11-25(3)24/h4,9-10,12,14-16,22H,5-8,11H2,1-3H3,(H,20,21,23)/t14?,15-,16-,25-/m0/s1. The van der Waals surface area contributed by atoms with Crippen molar-refractivity contribution >= 4 is 27.9 Å². The number of benzene rings is 1. The van der Waals surface area contributed by atoms with Crippen molar-refractivity contribution < 1.29 is 4.55 Å². The zero-order valence-electron chi connectivity index (χ0n) is 15.3. The summed E-state index contributed by atoms with van der Waals surface area (Å²) < 4.78 is 11.3. The highest BCUT2D eigenvalue weighted by molar-refractivity contribution is 7.90. The molecule has 6 heteroatoms. The average Bonchev–Trinajstić information content (AvgIpc) is 2.56. The van der Waals surface area contributed by atoms with Crippen molar-refractivity contribution in [2.75, 3.05) is 17.3 Å². The molecule has 2 N–H and O–H groups in total. The molecular formula is C19H28N4OS. The molecular weight excluding hydrogens is 332 g/mol. The van der Waals surface area contributed by atoms with Crippen LogP contribution in [0.1, 0.15) is 38.2 Å². The van der Waals surface area contributed by atoms with Gasteiger partial charge in [0.1, 0.15) is 17.9 Å². The zero-order valence-corrected chi connectivity index (χ0v) is 16.1. The van der Waals surface area contributed by atoms with Crippen LogP contribution in [-0.2, 0) is 11.2 Å². The summed E-state index contributed by atoms with van der Waals surface area (Å²) in [6.07, 6.45) is 7.93. The maximum absolute atomic E-state index is 11.3. The van der Waals surface area contributed by atoms with Gasteiger partial charge in [0.2, 0.25) is 0 Å². The molecule has 0 aliphatic heterocycles. The SMILES string of the molecule is Cc1ccc2ncnc(N[C@H]3CC[C@H](NC(C)C[S@+](C)[O-])CC3)c2c1. The molecule has 1 aliphatic carbocycles. The van der Waals surface area contributed by atoms with Crippen LogP contribution in [0.25, 0.3) is 10.9 Å². The number of hydrogen-bond donors (Lipinski definition) is 2. The molecule has 1 fully saturated rings. The summed E-state index contributed by atoms with van der Waals surface area (Å²) in [6, 6.07) is 7.58. The number of aryl methyl sites for hydroxylation is 1. The number of hydrogen-bond acceptors (Lipinski definition) is 5. The molecule has 136 valence electrons. The summed E-state index contributed by atoms with van der Waals surface area (Å²) in [5.74, 6) is 1.67. The topological polar surface area (TPSA) is 72.9 Å². The Morgan fingerprint density at radius 3 is 2.64 bits per heavy atom. The zero-order chi connectivity index (χ0) is 17.8. The Labute approximate surface area is 153 Å². The van der Waals surface area contributed by atoms with Gasteiger partial charge in [-0.15, -0.1) is 0 Å². The van der Waals surface area contributed by atoms with Crippen molar-refractivity contribution in [2.24, 2.45) is 0 Å². The Kier molecular flexibility index (Phi) is 6.15. The second-order valence-electron chi connectivity index (χ2n) is 7.24. The van der Waals surface area contributed by atoms with Crippen LogP contribution >= 0.6 is 0 Å². The Hall–Kier alpha value is -1.37. The van der Waals surface area contributed by atoms with E-state index in [-0.39, 0.29) is 0 Å². The number of anilines is 1. The molecule has 1 heterocycles. The summed E-state index contributed by atoms with van der Waals surface area (Å²) in [5, 5.41) is 8.35. The smallest absolute Gasteiger partial charge is 0.137 e. The Balaban J connectivity index is 1.57. The number of rotatable bonds is 6. The molecule has 5 nitrogen and oxygen atoms in total. The van der Waals surface area contributed by atoms with Gasteiger partial charge < -0.3 is 15.2 Å². The van der Waals surface area contributed by atoms with Crippen LogP contribution in [0.2, 0.25) is 0 Å². The third kappa shape index (κ3) is 5.06. The second kappa shape index (κ2) is 8.34. The van der Waals surface area contributed by atoms with Gasteiger partial charge in [0.05, 0.1) is 11.8 Å². The van der Waals surface area contributed by atoms with Gasteiger partial charge in [0.15, 0.2) is 0 Å². The van der Waals surface area contributed by atoms with Crippen LogP contribution < -0.4 is 10.6 Å². The normalized spacial score (nSPS) is 23.4. The van der Waals surface area contributed by atoms with Crippen molar-refractivity contribution in [3.63, 3.8) is 0 Å². The molecule has 0 bridgehead atoms. The van der Waals surface area contributed by atoms with E-state index in [9.17, 15) is 4.55 Å². The summed E-state index contributed by atoms with van der Waals surface area (Å²) in [4.78, 5) is 8.83. The van der Waals surface area contributed by atoms with E-state index in [1.54, 1.807) is 12.6 Å². The maximum atomic E-state index is 11.3. The van der Waals surface area contributed by atoms with Gasteiger partial charge in [-0.3, -0.25) is 0 Å². The molecule has 3 rings (SSSR count). The fraction of sp³-hybridized carbons (Fsp3) is 0.579. The van der Waals surface area contributed by atoms with Crippen molar-refractivity contribution in [3.8, 4) is 0 Å². The van der Waals surface area contributed by atoms with E-state index < -0.39 is 11.2 Å². The maximum Gasteiger partial charge on any atom is 0.137 e. The minimum Gasteiger partial charge on any atom is -0.617 e. The van der Waals surface area contributed by atoms with Crippen LogP contribution in [-0.4, -0.2) is 44.7 Å². The molecule has 0 radical (unpaired) electrons. The fourth-order valence-corrected chi connectivity index (χ4v) is 4.49. The van der Waals surface area contributed by atoms with Crippen LogP contribution in [0.5, 0.6) is 0 Å². The fourth-order valence-electron chi connectivity index (χ4n) is 3.69. The first-order valence-corrected chi connectivity index (χ1v) is 10.8. The van der Waals surface area contributed by atoms with E-state index in [1.807, 2.05) is 0 Å². The molecule has 2 aromatic rings. The van der Waals surface area contributed by atoms with Crippen molar-refractivity contribution in [1.82, 2.24) is 15.3 Å². The third-order valence-electron chi connectivity index (χ3n) is 4.86. The summed E-state index contributed by atoms with van der Waals surface area (Å²) in [5.41, 5.74) is 2.21. The van der Waals surface area contributed by atoms with E-state index in [1.165, 1.54) is 5.56 Å². The predicted octanol–water partition coefficient (Wildman–Crippen LogP) is 3.02. The van der Waals surface area contributed by atoms with Gasteiger partial charge in [-0.05, 0) is 51.7 Å². The molecule has 1 saturated carbocycles. The molecule has 1 unspecified atom stereocenters. The Bertz CT molecular complexity index is 701. The molecule has 25 heavy (non-hydrogen) atoms. The minimum atomic E-state index is -0.738. The monoisotopic (exact) mass is 360 g/mol. The largest absolute Gasteiger partial charge is 0.617 e. The lowest BCUT2D eigenvalue weighted by Crippen LogP contribution is -2.43. The quantitative estimate of drug-likeness (QED) is 0.775. The van der Waals surface area contributed by atoms with Crippen LogP contribution in [0, 0.1) is 6.92 Å². The summed E-state index contributed by atoms with van der Waals surface area (Å²) in [7, 11) is 0. The van der Waals surface area contributed by atoms with E-state index in [2.05, 4.69) is 52.6 Å². The predicted molar refractivity (Wildman–Crippen MR) is 105 cm³/mol. The summed E-state index contributed by atoms with van der Waals surface area (Å²) in [6.45, 7) is 4.22. The minimum absolute atomic E-state index is 0.314. The van der Waals surface area contributed by atoms with E-state index in [4.69, 9.17) is 0 Å². The second-order valence-corrected chi connectivity index (χ2v) is 8.72. The van der Waals surface area contributed by atoms with Crippen LogP contribution in [0.3, 0.4) is 0 Å². The first-order valence-electron chi connectivity index (χ1n) is 9.05. The first kappa shape index (κ1) is 18.4. The molecule has 0 saturated heterocycles. The van der Waals surface area contributed by atoms with Crippen LogP contribution in [0.15, 0.2) is 24.5 Å². The first-order chi connectivity index (χ1) is 12.0. The van der Waals surface area contributed by atoms with Gasteiger partial charge in [0, 0.05) is 23.5 Å². The van der Waals surface area contributed by atoms with Gasteiger partial charge in [-0.1, -0.05) is 22.8 Å². The molecule has 1 aliphatic rings. The number of nitrogens with one attached hydrogen (secondary N) is 2. The lowest BCUT2D eigenvalue weighted by molar-refractivity contribution is 0.336. The highest BCUT2D eigenvalue weighted by Crippen LogP contribution is 2.26. The number of fused-ring (bicyclic) bond motifs is 1. The van der Waals surface area contributed by atoms with Crippen molar-refractivity contribution in [1.29, 1.82) is 0 Å². The van der Waals surface area contributed by atoms with Crippen molar-refractivity contribution in [2.45, 2.75) is 57.7 Å². The van der Waals surface area contributed by atoms with E-state index in [0.29, 0.717) is 18.1 Å². The van der Waals surface area contributed by atoms with Crippen LogP contribution in [0.4, 0.5) is 5.82 Å². The number of aromatic nitrogens is 2. The molecule has 1 aromatic heterocycles. The Morgan fingerprint density at radius 1 is 1.20 bits per heavy atom. The molecule has 2 atom stereocenters. The highest BCUT2D eigenvalue weighted by atomic mass is 32.2. The van der Waals surface area contributed by atoms with Gasteiger partial charge in [-0.25, -0.2) is 9.97 Å². The average molecular weight is 361 g/mol. The van der Waals surface area contributed by atoms with Gasteiger partial charge in [-0.2, -0.15) is 0 Å². The van der Waals surface area contributed by atoms with E-state index >= 15 is 0 Å². The lowest BCUT2D eigenvalue weighted by atomic mass is 9.90. The third-order valence-corrected chi connectivity index (χ3v) is 5.83. The molecule has 0 amide bonds. The van der Waals surface area contributed by atoms with Gasteiger partial charge in [0.25, 0.3) is 0 Å². The van der Waals surface area contributed by atoms with E-state index in [0.717, 1.165) is 48.2 Å². The molecule has 0 spiro atoms. The van der Waals surface area contributed by atoms with Crippen molar-refractivity contribution in [3.05, 3.63) is 30.1 Å².